The van der Waals surface area contributed by atoms with Crippen molar-refractivity contribution in [2.75, 3.05) is 13.1 Å². The first-order valence-electron chi connectivity index (χ1n) is 6.30. The lowest BCUT2D eigenvalue weighted by Crippen LogP contribution is -2.38. The average molecular weight is 314 g/mol. The molecule has 2 N–H and O–H groups in total. The number of carbonyl (C=O) groups excluding carboxylic acids is 2. The van der Waals surface area contributed by atoms with Gasteiger partial charge in [-0.1, -0.05) is 31.5 Å². The Morgan fingerprint density at radius 2 is 2.00 bits per heavy atom. The maximum Gasteiger partial charge on any atom is 0.300 e. The van der Waals surface area contributed by atoms with E-state index in [-0.39, 0.29) is 23.0 Å². The summed E-state index contributed by atoms with van der Waals surface area (Å²) in [4.78, 5) is 33.6. The molecule has 0 aliphatic heterocycles. The minimum absolute atomic E-state index is 0.128. The Morgan fingerprint density at radius 1 is 1.33 bits per heavy atom. The summed E-state index contributed by atoms with van der Waals surface area (Å²) in [5.74, 6) is -0.788. The number of rotatable bonds is 6. The molecule has 114 valence electrons. The van der Waals surface area contributed by atoms with Gasteiger partial charge >= 0.3 is 5.69 Å². The maximum atomic E-state index is 11.9. The Bertz CT molecular complexity index is 560. The minimum atomic E-state index is -0.726. The summed E-state index contributed by atoms with van der Waals surface area (Å²) in [6, 6.07) is 4.04. The van der Waals surface area contributed by atoms with Crippen LogP contribution in [0.15, 0.2) is 18.2 Å². The molecule has 0 aliphatic rings. The van der Waals surface area contributed by atoms with E-state index in [1.165, 1.54) is 18.2 Å². The van der Waals surface area contributed by atoms with Crippen LogP contribution >= 0.6 is 11.6 Å². The summed E-state index contributed by atoms with van der Waals surface area (Å²) in [5, 5.41) is 15.8. The Hall–Kier alpha value is -2.15. The summed E-state index contributed by atoms with van der Waals surface area (Å²) in [7, 11) is 0. The molecular formula is C13H16ClN3O4. The normalized spacial score (nSPS) is 10.3. The van der Waals surface area contributed by atoms with E-state index in [0.717, 1.165) is 0 Å². The molecule has 0 atom stereocenters. The Kier molecular flexibility index (Phi) is 6.10. The molecule has 0 saturated carbocycles. The number of carbonyl (C=O) groups is 2. The molecule has 0 radical (unpaired) electrons. The monoisotopic (exact) mass is 313 g/mol. The zero-order chi connectivity index (χ0) is 16.0. The second-order valence-corrected chi connectivity index (χ2v) is 5.18. The molecule has 21 heavy (non-hydrogen) atoms. The number of benzene rings is 1. The lowest BCUT2D eigenvalue weighted by Gasteiger charge is -2.09. The van der Waals surface area contributed by atoms with Gasteiger partial charge in [-0.2, -0.15) is 0 Å². The van der Waals surface area contributed by atoms with Gasteiger partial charge in [0, 0.05) is 6.54 Å². The van der Waals surface area contributed by atoms with Gasteiger partial charge in [0.25, 0.3) is 5.91 Å². The number of amides is 2. The van der Waals surface area contributed by atoms with Crippen molar-refractivity contribution in [2.24, 2.45) is 5.92 Å². The number of nitro benzene ring substituents is 1. The summed E-state index contributed by atoms with van der Waals surface area (Å²) in [6.45, 7) is 4.11. The minimum Gasteiger partial charge on any atom is -0.354 e. The van der Waals surface area contributed by atoms with Crippen LogP contribution in [-0.4, -0.2) is 29.8 Å². The summed E-state index contributed by atoms with van der Waals surface area (Å²) >= 11 is 5.71. The number of nitro groups is 1. The molecule has 0 unspecified atom stereocenters. The third-order valence-electron chi connectivity index (χ3n) is 2.53. The van der Waals surface area contributed by atoms with Crippen LogP contribution in [-0.2, 0) is 4.79 Å². The Morgan fingerprint density at radius 3 is 2.57 bits per heavy atom. The highest BCUT2D eigenvalue weighted by Crippen LogP contribution is 2.27. The smallest absolute Gasteiger partial charge is 0.300 e. The average Bonchev–Trinajstić information content (AvgIpc) is 2.41. The van der Waals surface area contributed by atoms with Crippen LogP contribution in [0, 0.1) is 16.0 Å². The predicted molar refractivity (Wildman–Crippen MR) is 78.3 cm³/mol. The molecule has 1 rings (SSSR count). The van der Waals surface area contributed by atoms with Crippen LogP contribution < -0.4 is 10.6 Å². The molecule has 0 aromatic heterocycles. The topological polar surface area (TPSA) is 101 Å². The van der Waals surface area contributed by atoms with Gasteiger partial charge in [-0.05, 0) is 18.1 Å². The highest BCUT2D eigenvalue weighted by Gasteiger charge is 2.23. The van der Waals surface area contributed by atoms with Crippen LogP contribution in [0.3, 0.4) is 0 Å². The van der Waals surface area contributed by atoms with Crippen LogP contribution in [0.2, 0.25) is 5.02 Å². The number of nitrogens with one attached hydrogen (secondary N) is 2. The third-order valence-corrected chi connectivity index (χ3v) is 2.84. The molecule has 0 aliphatic carbocycles. The summed E-state index contributed by atoms with van der Waals surface area (Å²) < 4.78 is 0. The van der Waals surface area contributed by atoms with E-state index in [1.54, 1.807) is 0 Å². The largest absolute Gasteiger partial charge is 0.354 e. The van der Waals surface area contributed by atoms with Gasteiger partial charge in [-0.25, -0.2) is 0 Å². The van der Waals surface area contributed by atoms with Crippen molar-refractivity contribution in [3.8, 4) is 0 Å². The fraction of sp³-hybridized carbons (Fsp3) is 0.385. The third kappa shape index (κ3) is 5.03. The predicted octanol–water partition coefficient (Wildman–Crippen LogP) is 1.75. The van der Waals surface area contributed by atoms with E-state index >= 15 is 0 Å². The number of nitrogens with zero attached hydrogens (tertiary/aromatic N) is 1. The fourth-order valence-electron chi connectivity index (χ4n) is 1.52. The maximum absolute atomic E-state index is 11.9. The number of halogens is 1. The van der Waals surface area contributed by atoms with Crippen molar-refractivity contribution >= 4 is 29.1 Å². The van der Waals surface area contributed by atoms with Gasteiger partial charge in [0.1, 0.15) is 10.6 Å². The lowest BCUT2D eigenvalue weighted by atomic mass is 10.1. The summed E-state index contributed by atoms with van der Waals surface area (Å²) in [5.41, 5.74) is -0.650. The molecule has 0 heterocycles. The van der Waals surface area contributed by atoms with E-state index in [2.05, 4.69) is 10.6 Å². The van der Waals surface area contributed by atoms with Crippen molar-refractivity contribution in [1.29, 1.82) is 0 Å². The van der Waals surface area contributed by atoms with Crippen molar-refractivity contribution in [3.05, 3.63) is 38.9 Å². The zero-order valence-corrected chi connectivity index (χ0v) is 12.4. The molecule has 0 spiro atoms. The number of hydrogen-bond donors (Lipinski definition) is 2. The fourth-order valence-corrected chi connectivity index (χ4v) is 1.76. The van der Waals surface area contributed by atoms with Gasteiger partial charge < -0.3 is 10.6 Å². The van der Waals surface area contributed by atoms with E-state index in [1.807, 2.05) is 13.8 Å². The van der Waals surface area contributed by atoms with Gasteiger partial charge in [-0.15, -0.1) is 0 Å². The first-order valence-corrected chi connectivity index (χ1v) is 6.68. The molecule has 1 aromatic carbocycles. The highest BCUT2D eigenvalue weighted by molar-refractivity contribution is 6.33. The zero-order valence-electron chi connectivity index (χ0n) is 11.7. The van der Waals surface area contributed by atoms with E-state index in [9.17, 15) is 19.7 Å². The van der Waals surface area contributed by atoms with Gasteiger partial charge in [0.2, 0.25) is 5.91 Å². The van der Waals surface area contributed by atoms with Crippen molar-refractivity contribution in [2.45, 2.75) is 13.8 Å². The SMILES string of the molecule is CC(C)CNC(=O)CNC(=O)c1cccc(Cl)c1[N+](=O)[O-]. The van der Waals surface area contributed by atoms with Crippen LogP contribution in [0.25, 0.3) is 0 Å². The first kappa shape index (κ1) is 16.9. The van der Waals surface area contributed by atoms with Gasteiger partial charge in [0.15, 0.2) is 0 Å². The molecule has 0 saturated heterocycles. The molecule has 0 fully saturated rings. The van der Waals surface area contributed by atoms with Gasteiger partial charge in [-0.3, -0.25) is 19.7 Å². The summed E-state index contributed by atoms with van der Waals surface area (Å²) in [6.07, 6.45) is 0. The van der Waals surface area contributed by atoms with Crippen molar-refractivity contribution < 1.29 is 14.5 Å². The standard InChI is InChI=1S/C13H16ClN3O4/c1-8(2)6-15-11(18)7-16-13(19)9-4-3-5-10(14)12(9)17(20)21/h3-5,8H,6-7H2,1-2H3,(H,15,18)(H,16,19). The second-order valence-electron chi connectivity index (χ2n) is 4.77. The van der Waals surface area contributed by atoms with Gasteiger partial charge in [0.05, 0.1) is 11.5 Å². The Balaban J connectivity index is 2.71. The highest BCUT2D eigenvalue weighted by atomic mass is 35.5. The second kappa shape index (κ2) is 7.58. The molecule has 7 nitrogen and oxygen atoms in total. The lowest BCUT2D eigenvalue weighted by molar-refractivity contribution is -0.385. The Labute approximate surface area is 126 Å². The van der Waals surface area contributed by atoms with E-state index < -0.39 is 16.5 Å². The number of para-hydroxylation sites is 1. The van der Waals surface area contributed by atoms with Crippen LogP contribution in [0.5, 0.6) is 0 Å². The van der Waals surface area contributed by atoms with E-state index in [4.69, 9.17) is 11.6 Å². The van der Waals surface area contributed by atoms with E-state index in [0.29, 0.717) is 12.5 Å². The quantitative estimate of drug-likeness (QED) is 0.617. The molecule has 0 bridgehead atoms. The van der Waals surface area contributed by atoms with Crippen molar-refractivity contribution in [1.82, 2.24) is 10.6 Å². The molecule has 1 aromatic rings. The first-order chi connectivity index (χ1) is 9.82. The molecule has 2 amide bonds. The molecule has 8 heteroatoms. The van der Waals surface area contributed by atoms with Crippen LogP contribution in [0.4, 0.5) is 5.69 Å². The number of hydrogen-bond acceptors (Lipinski definition) is 4. The molecular weight excluding hydrogens is 298 g/mol. The van der Waals surface area contributed by atoms with Crippen molar-refractivity contribution in [3.63, 3.8) is 0 Å². The van der Waals surface area contributed by atoms with Crippen LogP contribution in [0.1, 0.15) is 24.2 Å².